The highest BCUT2D eigenvalue weighted by molar-refractivity contribution is 5.95. The predicted octanol–water partition coefficient (Wildman–Crippen LogP) is 2.89. The Bertz CT molecular complexity index is 450. The van der Waals surface area contributed by atoms with Crippen molar-refractivity contribution in [2.45, 2.75) is 63.4 Å². The summed E-state index contributed by atoms with van der Waals surface area (Å²) in [5.41, 5.74) is -0.760. The number of carbonyl (C=O) groups is 1. The first-order chi connectivity index (χ1) is 10.1. The molecule has 116 valence electrons. The molecule has 1 heterocycles. The first-order valence-electron chi connectivity index (χ1n) is 8.76. The van der Waals surface area contributed by atoms with Gasteiger partial charge in [-0.1, -0.05) is 0 Å². The average Bonchev–Trinajstić information content (AvgIpc) is 2.43. The monoisotopic (exact) mass is 289 g/mol. The van der Waals surface area contributed by atoms with Gasteiger partial charge in [0.15, 0.2) is 5.78 Å². The molecule has 5 fully saturated rings. The fourth-order valence-corrected chi connectivity index (χ4v) is 5.92. The number of likely N-dealkylation sites (tertiary alicyclic amines) is 1. The summed E-state index contributed by atoms with van der Waals surface area (Å²) < 4.78 is 0. The maximum absolute atomic E-state index is 12.9. The van der Waals surface area contributed by atoms with Crippen molar-refractivity contribution in [3.05, 3.63) is 12.3 Å². The van der Waals surface area contributed by atoms with Crippen molar-refractivity contribution in [3.63, 3.8) is 0 Å². The van der Waals surface area contributed by atoms with E-state index in [9.17, 15) is 9.90 Å². The molecule has 3 heteroatoms. The van der Waals surface area contributed by atoms with Crippen molar-refractivity contribution in [1.29, 1.82) is 0 Å². The van der Waals surface area contributed by atoms with Gasteiger partial charge >= 0.3 is 0 Å². The molecule has 2 unspecified atom stereocenters. The zero-order valence-electron chi connectivity index (χ0n) is 12.9. The van der Waals surface area contributed by atoms with Gasteiger partial charge in [0.05, 0.1) is 5.60 Å². The number of piperidine rings is 1. The minimum atomic E-state index is -0.529. The largest absolute Gasteiger partial charge is 0.390 e. The third-order valence-electron chi connectivity index (χ3n) is 6.38. The van der Waals surface area contributed by atoms with E-state index in [2.05, 4.69) is 4.90 Å². The molecule has 4 aliphatic carbocycles. The molecule has 5 rings (SSSR count). The molecular formula is C18H27NO2. The van der Waals surface area contributed by atoms with E-state index < -0.39 is 5.60 Å². The Hall–Kier alpha value is -0.830. The third kappa shape index (κ3) is 2.44. The molecule has 0 spiro atoms. The second-order valence-corrected chi connectivity index (χ2v) is 8.24. The Balaban J connectivity index is 1.50. The highest BCUT2D eigenvalue weighted by Crippen LogP contribution is 2.61. The lowest BCUT2D eigenvalue weighted by Gasteiger charge is -2.59. The van der Waals surface area contributed by atoms with Crippen molar-refractivity contribution in [2.75, 3.05) is 13.1 Å². The van der Waals surface area contributed by atoms with Crippen LogP contribution in [0.3, 0.4) is 0 Å². The minimum Gasteiger partial charge on any atom is -0.390 e. The molecule has 0 aromatic heterocycles. The number of nitrogens with zero attached hydrogens (tertiary/aromatic N) is 1. The normalized spacial score (nSPS) is 45.5. The predicted molar refractivity (Wildman–Crippen MR) is 81.6 cm³/mol. The summed E-state index contributed by atoms with van der Waals surface area (Å²) in [6, 6.07) is 0. The SMILES string of the molecule is O=C(/C=C/N1CCCCC1)C12CC3CC(CC(O)(C3)C1)C2. The lowest BCUT2D eigenvalue weighted by Crippen LogP contribution is -2.57. The van der Waals surface area contributed by atoms with Gasteiger partial charge in [0.2, 0.25) is 0 Å². The van der Waals surface area contributed by atoms with E-state index in [1.165, 1.54) is 25.7 Å². The van der Waals surface area contributed by atoms with Gasteiger partial charge in [-0.05, 0) is 75.7 Å². The number of ketones is 1. The molecule has 0 amide bonds. The van der Waals surface area contributed by atoms with E-state index in [1.54, 1.807) is 0 Å². The van der Waals surface area contributed by atoms with E-state index in [4.69, 9.17) is 0 Å². The maximum atomic E-state index is 12.9. The second kappa shape index (κ2) is 4.84. The van der Waals surface area contributed by atoms with Gasteiger partial charge in [0, 0.05) is 24.7 Å². The summed E-state index contributed by atoms with van der Waals surface area (Å²) in [6.45, 7) is 2.18. The van der Waals surface area contributed by atoms with E-state index >= 15 is 0 Å². The Labute approximate surface area is 127 Å². The summed E-state index contributed by atoms with van der Waals surface area (Å²) >= 11 is 0. The van der Waals surface area contributed by atoms with Gasteiger partial charge in [-0.15, -0.1) is 0 Å². The van der Waals surface area contributed by atoms with Crippen molar-refractivity contribution >= 4 is 5.78 Å². The fraction of sp³-hybridized carbons (Fsp3) is 0.833. The molecular weight excluding hydrogens is 262 g/mol. The minimum absolute atomic E-state index is 0.231. The fourth-order valence-electron chi connectivity index (χ4n) is 5.92. The Kier molecular flexibility index (Phi) is 3.18. The lowest BCUT2D eigenvalue weighted by molar-refractivity contribution is -0.173. The van der Waals surface area contributed by atoms with Gasteiger partial charge in [0.1, 0.15) is 0 Å². The smallest absolute Gasteiger partial charge is 0.163 e. The molecule has 0 aromatic carbocycles. The van der Waals surface area contributed by atoms with Crippen LogP contribution in [0.25, 0.3) is 0 Å². The highest BCUT2D eigenvalue weighted by Gasteiger charge is 2.59. The van der Waals surface area contributed by atoms with Crippen LogP contribution >= 0.6 is 0 Å². The highest BCUT2D eigenvalue weighted by atomic mass is 16.3. The Morgan fingerprint density at radius 2 is 1.71 bits per heavy atom. The van der Waals surface area contributed by atoms with Crippen LogP contribution in [0.15, 0.2) is 12.3 Å². The molecule has 1 aliphatic heterocycles. The zero-order valence-corrected chi connectivity index (χ0v) is 12.9. The van der Waals surface area contributed by atoms with Crippen LogP contribution in [0.2, 0.25) is 0 Å². The molecule has 4 bridgehead atoms. The van der Waals surface area contributed by atoms with Gasteiger partial charge in [0.25, 0.3) is 0 Å². The first kappa shape index (κ1) is 13.8. The van der Waals surface area contributed by atoms with Crippen molar-refractivity contribution in [3.8, 4) is 0 Å². The van der Waals surface area contributed by atoms with E-state index in [0.29, 0.717) is 17.6 Å². The van der Waals surface area contributed by atoms with E-state index in [-0.39, 0.29) is 5.41 Å². The lowest BCUT2D eigenvalue weighted by atomic mass is 9.47. The summed E-state index contributed by atoms with van der Waals surface area (Å²) in [5.74, 6) is 1.47. The summed E-state index contributed by atoms with van der Waals surface area (Å²) in [7, 11) is 0. The molecule has 2 atom stereocenters. The zero-order chi connectivity index (χ0) is 14.5. The van der Waals surface area contributed by atoms with Crippen LogP contribution in [0.5, 0.6) is 0 Å². The van der Waals surface area contributed by atoms with E-state index in [0.717, 1.165) is 45.2 Å². The number of carbonyl (C=O) groups excluding carboxylic acids is 1. The average molecular weight is 289 g/mol. The molecule has 3 nitrogen and oxygen atoms in total. The van der Waals surface area contributed by atoms with E-state index in [1.807, 2.05) is 12.3 Å². The molecule has 1 saturated heterocycles. The van der Waals surface area contributed by atoms with Crippen LogP contribution in [0.4, 0.5) is 0 Å². The van der Waals surface area contributed by atoms with Gasteiger partial charge in [-0.2, -0.15) is 0 Å². The number of allylic oxidation sites excluding steroid dienone is 1. The molecule has 0 aromatic rings. The number of aliphatic hydroxyl groups is 1. The molecule has 21 heavy (non-hydrogen) atoms. The van der Waals surface area contributed by atoms with Crippen LogP contribution in [0, 0.1) is 17.3 Å². The van der Waals surface area contributed by atoms with Crippen LogP contribution in [0.1, 0.15) is 57.8 Å². The summed E-state index contributed by atoms with van der Waals surface area (Å²) in [4.78, 5) is 15.1. The molecule has 0 radical (unpaired) electrons. The topological polar surface area (TPSA) is 40.5 Å². The number of hydrogen-bond donors (Lipinski definition) is 1. The van der Waals surface area contributed by atoms with Crippen molar-refractivity contribution in [2.24, 2.45) is 17.3 Å². The molecule has 4 saturated carbocycles. The van der Waals surface area contributed by atoms with Crippen LogP contribution in [-0.2, 0) is 4.79 Å². The number of rotatable bonds is 3. The third-order valence-corrected chi connectivity index (χ3v) is 6.38. The molecule has 5 aliphatic rings. The number of hydrogen-bond acceptors (Lipinski definition) is 3. The van der Waals surface area contributed by atoms with Crippen LogP contribution in [-0.4, -0.2) is 34.5 Å². The summed E-state index contributed by atoms with van der Waals surface area (Å²) in [5, 5.41) is 10.7. The van der Waals surface area contributed by atoms with Crippen molar-refractivity contribution < 1.29 is 9.90 Å². The van der Waals surface area contributed by atoms with Gasteiger partial charge in [-0.25, -0.2) is 0 Å². The summed E-state index contributed by atoms with van der Waals surface area (Å²) in [6.07, 6.45) is 13.6. The second-order valence-electron chi connectivity index (χ2n) is 8.24. The quantitative estimate of drug-likeness (QED) is 0.812. The Morgan fingerprint density at radius 1 is 1.05 bits per heavy atom. The van der Waals surface area contributed by atoms with Crippen LogP contribution < -0.4 is 0 Å². The Morgan fingerprint density at radius 3 is 2.33 bits per heavy atom. The van der Waals surface area contributed by atoms with Gasteiger partial charge in [-0.3, -0.25) is 4.79 Å². The first-order valence-corrected chi connectivity index (χ1v) is 8.76. The standard InChI is InChI=1S/C18H27NO2/c20-16(4-7-19-5-2-1-3-6-19)17-9-14-8-15(10-17)12-18(21,11-14)13-17/h4,7,14-15,21H,1-3,5-6,8-13H2/b7-4+. The maximum Gasteiger partial charge on any atom is 0.163 e. The van der Waals surface area contributed by atoms with Crippen molar-refractivity contribution in [1.82, 2.24) is 4.90 Å². The molecule has 1 N–H and O–H groups in total. The van der Waals surface area contributed by atoms with Gasteiger partial charge < -0.3 is 10.0 Å².